The quantitative estimate of drug-likeness (QED) is 0.603. The van der Waals surface area contributed by atoms with E-state index in [0.717, 1.165) is 25.7 Å². The predicted molar refractivity (Wildman–Crippen MR) is 70.6 cm³/mol. The van der Waals surface area contributed by atoms with Gasteiger partial charge in [-0.15, -0.1) is 0 Å². The van der Waals surface area contributed by atoms with Gasteiger partial charge in [-0.05, 0) is 18.3 Å². The van der Waals surface area contributed by atoms with Crippen LogP contribution in [0, 0.1) is 17.3 Å². The minimum absolute atomic E-state index is 0.0512. The first-order valence-corrected chi connectivity index (χ1v) is 6.93. The number of hydrogen-bond acceptors (Lipinski definition) is 3. The lowest BCUT2D eigenvalue weighted by atomic mass is 9.92. The lowest BCUT2D eigenvalue weighted by Gasteiger charge is -2.38. The molecule has 0 bridgehead atoms. The van der Waals surface area contributed by atoms with Crippen LogP contribution in [0.25, 0.3) is 0 Å². The highest BCUT2D eigenvalue weighted by Gasteiger charge is 2.75. The number of fused-ring (bicyclic) bond motifs is 1. The summed E-state index contributed by atoms with van der Waals surface area (Å²) in [6, 6.07) is 0. The Morgan fingerprint density at radius 1 is 1.22 bits per heavy atom. The van der Waals surface area contributed by atoms with E-state index in [1.165, 1.54) is 4.90 Å². The van der Waals surface area contributed by atoms with E-state index in [1.54, 1.807) is 0 Å². The zero-order chi connectivity index (χ0) is 13.3. The van der Waals surface area contributed by atoms with Crippen molar-refractivity contribution >= 4 is 29.0 Å². The summed E-state index contributed by atoms with van der Waals surface area (Å²) in [5, 5.41) is 0. The number of imide groups is 1. The van der Waals surface area contributed by atoms with E-state index in [1.807, 2.05) is 13.8 Å². The smallest absolute Gasteiger partial charge is 0.234 e. The van der Waals surface area contributed by atoms with Crippen molar-refractivity contribution in [2.24, 2.45) is 23.0 Å². The predicted octanol–water partition coefficient (Wildman–Crippen LogP) is 1.23. The van der Waals surface area contributed by atoms with Gasteiger partial charge >= 0.3 is 0 Å². The summed E-state index contributed by atoms with van der Waals surface area (Å²) in [6.45, 7) is 3.97. The fourth-order valence-corrected chi connectivity index (χ4v) is 4.20. The molecule has 1 heterocycles. The van der Waals surface area contributed by atoms with Gasteiger partial charge in [0, 0.05) is 0 Å². The van der Waals surface area contributed by atoms with Crippen LogP contribution < -0.4 is 5.73 Å². The number of nitrogens with zero attached hydrogens (tertiary/aromatic N) is 1. The molecule has 1 aliphatic heterocycles. The van der Waals surface area contributed by atoms with Gasteiger partial charge in [-0.2, -0.15) is 0 Å². The monoisotopic (exact) mass is 266 g/mol. The molecule has 18 heavy (non-hydrogen) atoms. The minimum Gasteiger partial charge on any atom is -0.391 e. The van der Waals surface area contributed by atoms with E-state index in [2.05, 4.69) is 0 Å². The summed E-state index contributed by atoms with van der Waals surface area (Å²) in [5.74, 6) is -0.386. The summed E-state index contributed by atoms with van der Waals surface area (Å²) in [7, 11) is 0. The molecule has 2 atom stereocenters. The van der Waals surface area contributed by atoms with E-state index in [4.69, 9.17) is 18.0 Å². The highest BCUT2D eigenvalue weighted by atomic mass is 32.1. The minimum atomic E-state index is -0.660. The van der Waals surface area contributed by atoms with Crippen molar-refractivity contribution in [2.45, 2.75) is 45.1 Å². The van der Waals surface area contributed by atoms with Crippen molar-refractivity contribution < 1.29 is 9.59 Å². The van der Waals surface area contributed by atoms with Crippen molar-refractivity contribution in [1.82, 2.24) is 4.90 Å². The number of hydrogen-bond donors (Lipinski definition) is 1. The molecule has 4 nitrogen and oxygen atoms in total. The van der Waals surface area contributed by atoms with Gasteiger partial charge in [-0.3, -0.25) is 14.5 Å². The average Bonchev–Trinajstić information content (AvgIpc) is 2.66. The van der Waals surface area contributed by atoms with Gasteiger partial charge in [0.05, 0.1) is 16.8 Å². The maximum Gasteiger partial charge on any atom is 0.234 e. The summed E-state index contributed by atoms with van der Waals surface area (Å²) < 4.78 is 0. The zero-order valence-electron chi connectivity index (χ0n) is 10.7. The molecule has 2 unspecified atom stereocenters. The van der Waals surface area contributed by atoms with Crippen LogP contribution in [0.3, 0.4) is 0 Å². The Morgan fingerprint density at radius 2 is 1.67 bits per heavy atom. The SMILES string of the molecule is CC1(C)C2C(=O)N(C3(C(N)=S)CCCC3)C(=O)C21. The lowest BCUT2D eigenvalue weighted by Crippen LogP contribution is -2.59. The second-order valence-corrected chi connectivity index (χ2v) is 6.83. The van der Waals surface area contributed by atoms with Crippen molar-refractivity contribution in [1.29, 1.82) is 0 Å². The van der Waals surface area contributed by atoms with Crippen molar-refractivity contribution in [3.05, 3.63) is 0 Å². The molecule has 5 heteroatoms. The van der Waals surface area contributed by atoms with Crippen LogP contribution in [0.5, 0.6) is 0 Å². The van der Waals surface area contributed by atoms with Gasteiger partial charge < -0.3 is 5.73 Å². The fourth-order valence-electron chi connectivity index (χ4n) is 3.91. The molecule has 2 N–H and O–H groups in total. The Hall–Kier alpha value is -0.970. The Kier molecular flexibility index (Phi) is 2.23. The van der Waals surface area contributed by atoms with E-state index >= 15 is 0 Å². The number of nitrogens with two attached hydrogens (primary N) is 1. The van der Waals surface area contributed by atoms with Gasteiger partial charge in [-0.25, -0.2) is 0 Å². The van der Waals surface area contributed by atoms with E-state index in [9.17, 15) is 9.59 Å². The third kappa shape index (κ3) is 1.18. The van der Waals surface area contributed by atoms with Crippen LogP contribution in [-0.4, -0.2) is 27.2 Å². The first-order chi connectivity index (χ1) is 8.34. The Bertz CT molecular complexity index is 442. The third-order valence-corrected chi connectivity index (χ3v) is 5.50. The van der Waals surface area contributed by atoms with E-state index < -0.39 is 5.54 Å². The van der Waals surface area contributed by atoms with Crippen molar-refractivity contribution in [3.63, 3.8) is 0 Å². The second kappa shape index (κ2) is 3.32. The first-order valence-electron chi connectivity index (χ1n) is 6.52. The van der Waals surface area contributed by atoms with Crippen molar-refractivity contribution in [3.8, 4) is 0 Å². The van der Waals surface area contributed by atoms with Crippen LogP contribution in [0.1, 0.15) is 39.5 Å². The first kappa shape index (κ1) is 12.1. The van der Waals surface area contributed by atoms with E-state index in [0.29, 0.717) is 4.99 Å². The van der Waals surface area contributed by atoms with Crippen LogP contribution in [0.15, 0.2) is 0 Å². The molecule has 0 spiro atoms. The molecule has 98 valence electrons. The Balaban J connectivity index is 1.97. The number of amides is 2. The van der Waals surface area contributed by atoms with Gasteiger partial charge in [-0.1, -0.05) is 38.9 Å². The Morgan fingerprint density at radius 3 is 2.06 bits per heavy atom. The van der Waals surface area contributed by atoms with Crippen molar-refractivity contribution in [2.75, 3.05) is 0 Å². The number of piperidine rings is 1. The molecule has 3 aliphatic rings. The Labute approximate surface area is 112 Å². The molecule has 2 amide bonds. The van der Waals surface area contributed by atoms with Crippen LogP contribution in [0.4, 0.5) is 0 Å². The highest BCUT2D eigenvalue weighted by molar-refractivity contribution is 7.80. The number of carbonyl (C=O) groups is 2. The molecule has 3 rings (SSSR count). The van der Waals surface area contributed by atoms with Gasteiger partial charge in [0.15, 0.2) is 0 Å². The molecule has 0 radical (unpaired) electrons. The molecular formula is C13H18N2O2S. The summed E-state index contributed by atoms with van der Waals surface area (Å²) in [5.41, 5.74) is 5.02. The van der Waals surface area contributed by atoms with Gasteiger partial charge in [0.25, 0.3) is 0 Å². The summed E-state index contributed by atoms with van der Waals surface area (Å²) >= 11 is 5.15. The fraction of sp³-hybridized carbons (Fsp3) is 0.769. The molecule has 0 aromatic heterocycles. The topological polar surface area (TPSA) is 63.4 Å². The molecule has 0 aromatic rings. The van der Waals surface area contributed by atoms with E-state index in [-0.39, 0.29) is 29.1 Å². The molecule has 1 saturated heterocycles. The van der Waals surface area contributed by atoms with Gasteiger partial charge in [0.2, 0.25) is 11.8 Å². The number of carbonyl (C=O) groups excluding carboxylic acids is 2. The maximum atomic E-state index is 12.5. The zero-order valence-corrected chi connectivity index (χ0v) is 11.5. The number of thiocarbonyl (C=S) groups is 1. The summed E-state index contributed by atoms with van der Waals surface area (Å²) in [4.78, 5) is 26.6. The van der Waals surface area contributed by atoms with Crippen LogP contribution in [0.2, 0.25) is 0 Å². The molecule has 0 aromatic carbocycles. The molecule has 2 aliphatic carbocycles. The lowest BCUT2D eigenvalue weighted by molar-refractivity contribution is -0.147. The average molecular weight is 266 g/mol. The van der Waals surface area contributed by atoms with Crippen LogP contribution in [-0.2, 0) is 9.59 Å². The number of rotatable bonds is 2. The largest absolute Gasteiger partial charge is 0.391 e. The highest BCUT2D eigenvalue weighted by Crippen LogP contribution is 2.64. The number of likely N-dealkylation sites (tertiary alicyclic amines) is 1. The molecule has 2 saturated carbocycles. The molecule has 3 fully saturated rings. The molecular weight excluding hydrogens is 248 g/mol. The maximum absolute atomic E-state index is 12.5. The third-order valence-electron chi connectivity index (χ3n) is 5.12. The second-order valence-electron chi connectivity index (χ2n) is 6.39. The van der Waals surface area contributed by atoms with Gasteiger partial charge in [0.1, 0.15) is 5.54 Å². The van der Waals surface area contributed by atoms with Crippen LogP contribution >= 0.6 is 12.2 Å². The summed E-state index contributed by atoms with van der Waals surface area (Å²) in [6.07, 6.45) is 3.43. The standard InChI is InChI=1S/C13H18N2O2S/c1-12(2)7-8(12)10(17)15(9(7)16)13(11(14)18)5-3-4-6-13/h7-8H,3-6H2,1-2H3,(H2,14,18). The normalized spacial score (nSPS) is 35.8.